The molecule has 0 fully saturated rings. The van der Waals surface area contributed by atoms with Crippen LogP contribution in [0.3, 0.4) is 0 Å². The Morgan fingerprint density at radius 3 is 1.74 bits per heavy atom. The lowest BCUT2D eigenvalue weighted by Crippen LogP contribution is -2.55. The summed E-state index contributed by atoms with van der Waals surface area (Å²) >= 11 is 13.8. The van der Waals surface area contributed by atoms with Crippen LogP contribution in [0.25, 0.3) is 0 Å². The van der Waals surface area contributed by atoms with E-state index in [2.05, 4.69) is 28.7 Å². The predicted octanol–water partition coefficient (Wildman–Crippen LogP) is 3.49. The highest BCUT2D eigenvalue weighted by molar-refractivity contribution is 7.29. The van der Waals surface area contributed by atoms with E-state index >= 15 is 0 Å². The molecule has 0 bridgehead atoms. The molecule has 0 aromatic heterocycles. The van der Waals surface area contributed by atoms with Gasteiger partial charge < -0.3 is 4.48 Å². The number of para-hydroxylation sites is 1. The Balaban J connectivity index is 2.01. The van der Waals surface area contributed by atoms with Crippen molar-refractivity contribution in [2.24, 2.45) is 0 Å². The Morgan fingerprint density at radius 1 is 0.696 bits per heavy atom. The van der Waals surface area contributed by atoms with Gasteiger partial charge in [0.1, 0.15) is 0 Å². The highest BCUT2D eigenvalue weighted by Gasteiger charge is 2.31. The molecule has 0 aliphatic carbocycles. The summed E-state index contributed by atoms with van der Waals surface area (Å²) < 4.78 is 2.16. The van der Waals surface area contributed by atoms with Gasteiger partial charge in [-0.1, -0.05) is 78.9 Å². The molecule has 0 aliphatic heterocycles. The molecular formula is C18H16BCl2NSi. The topological polar surface area (TPSA) is 3.24 Å². The third-order valence-electron chi connectivity index (χ3n) is 3.69. The van der Waals surface area contributed by atoms with Crippen molar-refractivity contribution in [2.75, 3.05) is 4.48 Å². The Labute approximate surface area is 148 Å². The molecular weight excluding hydrogens is 340 g/mol. The fourth-order valence-corrected chi connectivity index (χ4v) is 6.10. The molecule has 0 N–H and O–H groups in total. The van der Waals surface area contributed by atoms with E-state index in [0.29, 0.717) is 0 Å². The fourth-order valence-electron chi connectivity index (χ4n) is 2.52. The maximum absolute atomic E-state index is 6.93. The SMILES string of the molecule is ClB(c1ccccc1)N(c1ccccc1)[SiH](Cl)c1ccccc1. The normalized spacial score (nSPS) is 11.7. The van der Waals surface area contributed by atoms with E-state index in [-0.39, 0.29) is 6.26 Å². The van der Waals surface area contributed by atoms with Gasteiger partial charge in [-0.25, -0.2) is 0 Å². The minimum absolute atomic E-state index is 0.298. The van der Waals surface area contributed by atoms with Crippen LogP contribution in [0.1, 0.15) is 0 Å². The second-order valence-corrected chi connectivity index (χ2v) is 8.78. The van der Waals surface area contributed by atoms with Crippen LogP contribution in [-0.4, -0.2) is 14.5 Å². The van der Waals surface area contributed by atoms with Crippen molar-refractivity contribution in [3.05, 3.63) is 91.0 Å². The molecule has 0 amide bonds. The average Bonchev–Trinajstić information content (AvgIpc) is 2.64. The zero-order valence-corrected chi connectivity index (χ0v) is 15.2. The van der Waals surface area contributed by atoms with Crippen LogP contribution in [0.4, 0.5) is 5.69 Å². The van der Waals surface area contributed by atoms with Crippen molar-refractivity contribution < 1.29 is 0 Å². The number of hydrogen-bond acceptors (Lipinski definition) is 1. The van der Waals surface area contributed by atoms with E-state index in [0.717, 1.165) is 16.3 Å². The summed E-state index contributed by atoms with van der Waals surface area (Å²) in [5.41, 5.74) is 2.10. The summed E-state index contributed by atoms with van der Waals surface area (Å²) in [4.78, 5) is 0. The van der Waals surface area contributed by atoms with Gasteiger partial charge in [0.2, 0.25) is 0 Å². The van der Waals surface area contributed by atoms with Crippen LogP contribution in [0.5, 0.6) is 0 Å². The Hall–Kier alpha value is -1.68. The van der Waals surface area contributed by atoms with Crippen molar-refractivity contribution in [1.29, 1.82) is 0 Å². The quantitative estimate of drug-likeness (QED) is 0.500. The smallest absolute Gasteiger partial charge is 0.388 e. The van der Waals surface area contributed by atoms with E-state index in [4.69, 9.17) is 22.5 Å². The highest BCUT2D eigenvalue weighted by atomic mass is 35.6. The van der Waals surface area contributed by atoms with Crippen LogP contribution >= 0.6 is 22.5 Å². The molecule has 1 nitrogen and oxygen atoms in total. The summed E-state index contributed by atoms with van der Waals surface area (Å²) in [6.07, 6.45) is -0.298. The molecule has 0 aliphatic rings. The molecule has 114 valence electrons. The van der Waals surface area contributed by atoms with E-state index in [9.17, 15) is 0 Å². The third kappa shape index (κ3) is 3.81. The number of halogens is 2. The summed E-state index contributed by atoms with van der Waals surface area (Å²) in [7, 11) is -1.96. The molecule has 1 atom stereocenters. The largest absolute Gasteiger partial charge is 0.412 e. The summed E-state index contributed by atoms with van der Waals surface area (Å²) in [5, 5.41) is 1.15. The fraction of sp³-hybridized carbons (Fsp3) is 0. The van der Waals surface area contributed by atoms with Crippen molar-refractivity contribution in [3.63, 3.8) is 0 Å². The van der Waals surface area contributed by atoms with Crippen molar-refractivity contribution in [3.8, 4) is 0 Å². The average molecular weight is 356 g/mol. The first-order chi connectivity index (χ1) is 11.3. The Morgan fingerprint density at radius 2 is 1.17 bits per heavy atom. The van der Waals surface area contributed by atoms with Gasteiger partial charge in [0.25, 0.3) is 8.27 Å². The van der Waals surface area contributed by atoms with E-state index in [1.807, 2.05) is 66.7 Å². The third-order valence-corrected chi connectivity index (χ3v) is 7.75. The monoisotopic (exact) mass is 355 g/mol. The zero-order chi connectivity index (χ0) is 16.1. The van der Waals surface area contributed by atoms with Crippen molar-refractivity contribution in [2.45, 2.75) is 0 Å². The molecule has 23 heavy (non-hydrogen) atoms. The summed E-state index contributed by atoms with van der Waals surface area (Å²) in [6, 6.07) is 30.4. The van der Waals surface area contributed by atoms with Crippen LogP contribution in [0, 0.1) is 0 Å². The molecule has 0 saturated carbocycles. The molecule has 3 aromatic rings. The summed E-state index contributed by atoms with van der Waals surface area (Å²) in [5.74, 6) is 0. The first-order valence-corrected chi connectivity index (χ1v) is 10.8. The molecule has 0 spiro atoms. The molecule has 1 unspecified atom stereocenters. The number of anilines is 1. The van der Waals surface area contributed by atoms with E-state index in [1.54, 1.807) is 0 Å². The molecule has 3 rings (SSSR count). The lowest BCUT2D eigenvalue weighted by atomic mass is 9.80. The van der Waals surface area contributed by atoms with Crippen molar-refractivity contribution in [1.82, 2.24) is 0 Å². The molecule has 0 heterocycles. The number of nitrogens with zero attached hydrogens (tertiary/aromatic N) is 1. The van der Waals surface area contributed by atoms with Gasteiger partial charge in [0.05, 0.1) is 0 Å². The van der Waals surface area contributed by atoms with Gasteiger partial charge in [-0.2, -0.15) is 11.5 Å². The zero-order valence-electron chi connectivity index (χ0n) is 12.5. The standard InChI is InChI=1S/C18H16BCl2NSi/c20-19(16-10-4-1-5-11-16)22(17-12-6-2-7-13-17)23(21)18-14-8-3-9-15-18/h1-15,23H. The Bertz CT molecular complexity index is 682. The first kappa shape index (κ1) is 16.2. The molecule has 0 saturated heterocycles. The van der Waals surface area contributed by atoms with Gasteiger partial charge in [0.15, 0.2) is 0 Å². The van der Waals surface area contributed by atoms with Crippen LogP contribution in [0.15, 0.2) is 91.0 Å². The molecule has 5 heteroatoms. The maximum Gasteiger partial charge on any atom is 0.388 e. The second kappa shape index (κ2) is 7.73. The Kier molecular flexibility index (Phi) is 5.44. The van der Waals surface area contributed by atoms with Crippen LogP contribution < -0.4 is 15.1 Å². The lowest BCUT2D eigenvalue weighted by molar-refractivity contribution is 1.52. The maximum atomic E-state index is 6.93. The van der Waals surface area contributed by atoms with E-state index in [1.165, 1.54) is 0 Å². The van der Waals surface area contributed by atoms with Gasteiger partial charge in [-0.3, -0.25) is 0 Å². The van der Waals surface area contributed by atoms with Crippen LogP contribution in [0.2, 0.25) is 0 Å². The van der Waals surface area contributed by atoms with Gasteiger partial charge in [0, 0.05) is 5.69 Å². The first-order valence-electron chi connectivity index (χ1n) is 7.49. The number of rotatable bonds is 5. The van der Waals surface area contributed by atoms with Gasteiger partial charge >= 0.3 is 6.26 Å². The van der Waals surface area contributed by atoms with E-state index < -0.39 is 8.27 Å². The minimum Gasteiger partial charge on any atom is -0.412 e. The molecule has 0 radical (unpaired) electrons. The lowest BCUT2D eigenvalue weighted by Gasteiger charge is -2.32. The van der Waals surface area contributed by atoms with Crippen molar-refractivity contribution >= 4 is 53.4 Å². The van der Waals surface area contributed by atoms with Crippen LogP contribution in [-0.2, 0) is 0 Å². The predicted molar refractivity (Wildman–Crippen MR) is 106 cm³/mol. The van der Waals surface area contributed by atoms with Gasteiger partial charge in [-0.05, 0) is 22.8 Å². The highest BCUT2D eigenvalue weighted by Crippen LogP contribution is 2.20. The minimum atomic E-state index is -1.96. The molecule has 3 aromatic carbocycles. The number of hydrogen-bond donors (Lipinski definition) is 0. The van der Waals surface area contributed by atoms with Gasteiger partial charge in [-0.15, -0.1) is 11.1 Å². The number of benzene rings is 3. The summed E-state index contributed by atoms with van der Waals surface area (Å²) in [6.45, 7) is 0. The second-order valence-electron chi connectivity index (χ2n) is 5.24.